The molecule has 0 aliphatic rings. The molecule has 0 atom stereocenters. The Hall–Kier alpha value is -4.22. The Morgan fingerprint density at radius 3 is 1.44 bits per heavy atom. The molecule has 320 valence electrons. The zero-order valence-corrected chi connectivity index (χ0v) is 39.3. The molecule has 6 aromatic carbocycles. The minimum Gasteiger partial charge on any atom is -0.423 e. The quantitative estimate of drug-likeness (QED) is 0.0776. The molecule has 0 aliphatic heterocycles. The number of imidazole rings is 2. The van der Waals surface area contributed by atoms with E-state index in [0.29, 0.717) is 63.7 Å². The van der Waals surface area contributed by atoms with Crippen molar-refractivity contribution in [3.63, 3.8) is 0 Å². The summed E-state index contributed by atoms with van der Waals surface area (Å²) in [6.07, 6.45) is 1.06. The largest absolute Gasteiger partial charge is 0.488 e. The molecular formula is C44H38BBrCl4N4O6S2. The number of nitrogens with one attached hydrogen (secondary N) is 2. The van der Waals surface area contributed by atoms with E-state index in [2.05, 4.69) is 35.9 Å². The summed E-state index contributed by atoms with van der Waals surface area (Å²) in [5.41, 5.74) is 6.94. The van der Waals surface area contributed by atoms with Crippen molar-refractivity contribution in [2.75, 3.05) is 11.5 Å². The van der Waals surface area contributed by atoms with Gasteiger partial charge in [-0.25, -0.2) is 26.8 Å². The molecule has 8 rings (SSSR count). The summed E-state index contributed by atoms with van der Waals surface area (Å²) < 4.78 is 48.2. The van der Waals surface area contributed by atoms with Crippen LogP contribution in [-0.4, -0.2) is 65.4 Å². The van der Waals surface area contributed by atoms with E-state index in [9.17, 15) is 16.8 Å². The molecule has 0 bridgehead atoms. The van der Waals surface area contributed by atoms with E-state index in [0.717, 1.165) is 44.9 Å². The first-order valence-electron chi connectivity index (χ1n) is 19.0. The monoisotopic (exact) mass is 1010 g/mol. The van der Waals surface area contributed by atoms with Gasteiger partial charge < -0.3 is 20.0 Å². The van der Waals surface area contributed by atoms with Crippen molar-refractivity contribution in [2.45, 2.75) is 36.5 Å². The molecule has 0 aliphatic carbocycles. The summed E-state index contributed by atoms with van der Waals surface area (Å²) in [7, 11) is -7.73. The molecule has 0 spiro atoms. The summed E-state index contributed by atoms with van der Waals surface area (Å²) in [6, 6.07) is 35.7. The summed E-state index contributed by atoms with van der Waals surface area (Å²) in [5.74, 6) is 1.63. The maximum Gasteiger partial charge on any atom is 0.488 e. The second-order valence-electron chi connectivity index (χ2n) is 13.8. The minimum absolute atomic E-state index is 0.0823. The van der Waals surface area contributed by atoms with Crippen LogP contribution in [-0.2, 0) is 32.5 Å². The van der Waals surface area contributed by atoms with Crippen LogP contribution < -0.4 is 5.46 Å². The number of halogens is 5. The van der Waals surface area contributed by atoms with Crippen molar-refractivity contribution < 1.29 is 26.9 Å². The molecule has 2 aromatic heterocycles. The number of rotatable bonds is 10. The van der Waals surface area contributed by atoms with E-state index in [4.69, 9.17) is 56.5 Å². The molecular weight excluding hydrogens is 977 g/mol. The van der Waals surface area contributed by atoms with Crippen LogP contribution in [0.2, 0.25) is 20.1 Å². The number of nitrogens with zero attached hydrogens (tertiary/aromatic N) is 2. The standard InChI is InChI=1S/C22H18Cl2N2O2S.C16H13BrCl2N2O2S.C6H7BO2/c1-2-29(27,28)16-10-8-14(9-11-16)12-19-25-18-13-17(23)20(21(24)22(18)26-19)15-6-4-3-5-7-15;1-2-24(22,23)10-5-3-9(4-6-10)7-13-20-12-8-11(18)14(17)15(19)16(12)21-13;8-7(9)6-4-2-1-3-5-6/h3-11,13H,2,12H2,1H3,(H,25,26);3-6,8H,2,7H2,1H3,(H,20,21);1-5,8-9H. The average Bonchev–Trinajstić information content (AvgIpc) is 3.87. The van der Waals surface area contributed by atoms with Gasteiger partial charge in [-0.3, -0.25) is 0 Å². The van der Waals surface area contributed by atoms with Crippen molar-refractivity contribution in [1.29, 1.82) is 0 Å². The van der Waals surface area contributed by atoms with Gasteiger partial charge in [0.05, 0.1) is 56.9 Å². The second-order valence-corrected chi connectivity index (χ2v) is 20.7. The normalized spacial score (nSPS) is 11.5. The zero-order valence-electron chi connectivity index (χ0n) is 33.1. The highest BCUT2D eigenvalue weighted by atomic mass is 79.9. The molecule has 18 heteroatoms. The van der Waals surface area contributed by atoms with Gasteiger partial charge in [0.15, 0.2) is 19.7 Å². The van der Waals surface area contributed by atoms with Gasteiger partial charge in [-0.1, -0.05) is 145 Å². The van der Waals surface area contributed by atoms with Gasteiger partial charge in [0.1, 0.15) is 22.7 Å². The Labute approximate surface area is 388 Å². The van der Waals surface area contributed by atoms with E-state index >= 15 is 0 Å². The smallest absolute Gasteiger partial charge is 0.423 e. The molecule has 2 heterocycles. The zero-order chi connectivity index (χ0) is 44.8. The van der Waals surface area contributed by atoms with E-state index < -0.39 is 26.8 Å². The minimum atomic E-state index is -3.21. The highest BCUT2D eigenvalue weighted by molar-refractivity contribution is 9.10. The van der Waals surface area contributed by atoms with Crippen molar-refractivity contribution in [3.8, 4) is 11.1 Å². The van der Waals surface area contributed by atoms with Crippen LogP contribution >= 0.6 is 62.3 Å². The predicted octanol–water partition coefficient (Wildman–Crippen LogP) is 10.3. The number of aromatic nitrogens is 4. The van der Waals surface area contributed by atoms with E-state index in [1.165, 1.54) is 0 Å². The molecule has 0 unspecified atom stereocenters. The molecule has 62 heavy (non-hydrogen) atoms. The molecule has 0 amide bonds. The van der Waals surface area contributed by atoms with Crippen molar-refractivity contribution in [3.05, 3.63) is 169 Å². The van der Waals surface area contributed by atoms with Crippen LogP contribution in [0, 0.1) is 0 Å². The third kappa shape index (κ3) is 11.3. The Bertz CT molecular complexity index is 3050. The maximum atomic E-state index is 12.0. The lowest BCUT2D eigenvalue weighted by molar-refractivity contribution is 0.426. The van der Waals surface area contributed by atoms with Crippen LogP contribution in [0.15, 0.2) is 136 Å². The lowest BCUT2D eigenvalue weighted by Crippen LogP contribution is -2.29. The van der Waals surface area contributed by atoms with Gasteiger partial charge in [0.2, 0.25) is 0 Å². The molecule has 8 aromatic rings. The summed E-state index contributed by atoms with van der Waals surface area (Å²) in [6.45, 7) is 3.26. The van der Waals surface area contributed by atoms with Crippen LogP contribution in [0.25, 0.3) is 33.2 Å². The molecule has 0 radical (unpaired) electrons. The number of sulfone groups is 2. The highest BCUT2D eigenvalue weighted by Crippen LogP contribution is 2.40. The van der Waals surface area contributed by atoms with Gasteiger partial charge in [-0.05, 0) is 74.5 Å². The Kier molecular flexibility index (Phi) is 15.6. The first kappa shape index (κ1) is 47.3. The number of hydrogen-bond acceptors (Lipinski definition) is 8. The Morgan fingerprint density at radius 1 is 0.597 bits per heavy atom. The number of hydrogen-bond donors (Lipinski definition) is 4. The van der Waals surface area contributed by atoms with Crippen LogP contribution in [0.3, 0.4) is 0 Å². The first-order chi connectivity index (χ1) is 29.5. The van der Waals surface area contributed by atoms with Gasteiger partial charge in [-0.15, -0.1) is 0 Å². The predicted molar refractivity (Wildman–Crippen MR) is 256 cm³/mol. The third-order valence-corrected chi connectivity index (χ3v) is 15.7. The van der Waals surface area contributed by atoms with Gasteiger partial charge in [0.25, 0.3) is 0 Å². The van der Waals surface area contributed by atoms with Gasteiger partial charge >= 0.3 is 7.12 Å². The van der Waals surface area contributed by atoms with Crippen molar-refractivity contribution >= 4 is 117 Å². The molecule has 4 N–H and O–H groups in total. The average molecular weight is 1020 g/mol. The van der Waals surface area contributed by atoms with Crippen molar-refractivity contribution in [2.24, 2.45) is 0 Å². The van der Waals surface area contributed by atoms with Gasteiger partial charge in [-0.2, -0.15) is 0 Å². The lowest BCUT2D eigenvalue weighted by Gasteiger charge is -2.07. The fraction of sp³-hybridized carbons (Fsp3) is 0.136. The lowest BCUT2D eigenvalue weighted by atomic mass is 9.81. The number of aromatic amines is 2. The summed E-state index contributed by atoms with van der Waals surface area (Å²) >= 11 is 28.8. The summed E-state index contributed by atoms with van der Waals surface area (Å²) in [5, 5.41) is 19.2. The SMILES string of the molecule is CCS(=O)(=O)c1ccc(Cc2nc3c(Cl)c(-c4ccccc4)c(Cl)cc3[nH]2)cc1.CCS(=O)(=O)c1ccc(Cc2nc3c(Cl)c(Br)c(Cl)cc3[nH]2)cc1.OB(O)c1ccccc1. The molecule has 0 fully saturated rings. The Morgan fingerprint density at radius 2 is 1.02 bits per heavy atom. The van der Waals surface area contributed by atoms with E-state index in [1.807, 2.05) is 42.5 Å². The van der Waals surface area contributed by atoms with Crippen LogP contribution in [0.4, 0.5) is 0 Å². The van der Waals surface area contributed by atoms with Gasteiger partial charge in [0, 0.05) is 18.4 Å². The molecule has 0 saturated heterocycles. The van der Waals surface area contributed by atoms with E-state index in [1.54, 1.807) is 92.7 Å². The second kappa shape index (κ2) is 20.5. The topological polar surface area (TPSA) is 166 Å². The molecule has 0 saturated carbocycles. The Balaban J connectivity index is 0.000000175. The van der Waals surface area contributed by atoms with E-state index in [-0.39, 0.29) is 11.5 Å². The van der Waals surface area contributed by atoms with Crippen molar-refractivity contribution in [1.82, 2.24) is 19.9 Å². The number of H-pyrrole nitrogens is 2. The summed E-state index contributed by atoms with van der Waals surface area (Å²) in [4.78, 5) is 16.3. The highest BCUT2D eigenvalue weighted by Gasteiger charge is 2.18. The number of benzene rings is 6. The molecule has 10 nitrogen and oxygen atoms in total. The first-order valence-corrected chi connectivity index (χ1v) is 24.6. The maximum absolute atomic E-state index is 12.0. The fourth-order valence-electron chi connectivity index (χ4n) is 6.25. The third-order valence-electron chi connectivity index (χ3n) is 9.61. The van der Waals surface area contributed by atoms with Crippen LogP contribution in [0.1, 0.15) is 36.6 Å². The number of fused-ring (bicyclic) bond motifs is 2. The van der Waals surface area contributed by atoms with Crippen LogP contribution in [0.5, 0.6) is 0 Å². The fourth-order valence-corrected chi connectivity index (χ4v) is 9.54.